The van der Waals surface area contributed by atoms with Gasteiger partial charge >= 0.3 is 0 Å². The fourth-order valence-corrected chi connectivity index (χ4v) is 1.93. The van der Waals surface area contributed by atoms with Gasteiger partial charge in [0, 0.05) is 25.2 Å². The Morgan fingerprint density at radius 2 is 1.64 bits per heavy atom. The van der Waals surface area contributed by atoms with Crippen LogP contribution in [0.15, 0.2) is 42.5 Å². The maximum Gasteiger partial charge on any atom is 0.255 e. The van der Waals surface area contributed by atoms with Crippen molar-refractivity contribution in [3.05, 3.63) is 53.8 Å². The highest BCUT2D eigenvalue weighted by Crippen LogP contribution is 2.23. The summed E-state index contributed by atoms with van der Waals surface area (Å²) in [7, 11) is 1.65. The molecule has 2 aromatic rings. The molecule has 0 atom stereocenters. The lowest BCUT2D eigenvalue weighted by Gasteiger charge is -2.11. The van der Waals surface area contributed by atoms with E-state index in [9.17, 15) is 14.0 Å². The van der Waals surface area contributed by atoms with E-state index in [1.807, 2.05) is 0 Å². The van der Waals surface area contributed by atoms with Crippen LogP contribution in [0.3, 0.4) is 0 Å². The molecule has 0 aromatic heterocycles. The predicted molar refractivity (Wildman–Crippen MR) is 84.6 cm³/mol. The molecule has 22 heavy (non-hydrogen) atoms. The number of carbonyl (C=O) groups excluding carboxylic acids is 2. The molecule has 0 radical (unpaired) electrons. The van der Waals surface area contributed by atoms with Gasteiger partial charge in [0.2, 0.25) is 5.91 Å². The summed E-state index contributed by atoms with van der Waals surface area (Å²) in [5.74, 6) is -0.887. The van der Waals surface area contributed by atoms with Crippen LogP contribution in [0.4, 0.5) is 21.5 Å². The topological polar surface area (TPSA) is 70.2 Å². The molecule has 0 fully saturated rings. The van der Waals surface area contributed by atoms with Gasteiger partial charge in [0.15, 0.2) is 0 Å². The summed E-state index contributed by atoms with van der Waals surface area (Å²) in [5, 5.41) is 8.15. The molecule has 6 heteroatoms. The van der Waals surface area contributed by atoms with Gasteiger partial charge in [0.25, 0.3) is 5.91 Å². The Bertz CT molecular complexity index is 699. The standard InChI is InChI=1S/C16H16FN3O2/c1-10(21)19-13-6-3-11(4-7-13)16(22)20-14-8-5-12(17)9-15(14)18-2/h3-9,18H,1-2H3,(H,19,21)(H,20,22). The normalized spacial score (nSPS) is 9.95. The fourth-order valence-electron chi connectivity index (χ4n) is 1.93. The van der Waals surface area contributed by atoms with Gasteiger partial charge in [-0.3, -0.25) is 9.59 Å². The molecular weight excluding hydrogens is 285 g/mol. The highest BCUT2D eigenvalue weighted by molar-refractivity contribution is 6.06. The van der Waals surface area contributed by atoms with E-state index in [2.05, 4.69) is 16.0 Å². The molecule has 114 valence electrons. The first-order valence-electron chi connectivity index (χ1n) is 6.66. The van der Waals surface area contributed by atoms with E-state index >= 15 is 0 Å². The van der Waals surface area contributed by atoms with Crippen molar-refractivity contribution in [1.82, 2.24) is 0 Å². The van der Waals surface area contributed by atoms with Gasteiger partial charge in [0.05, 0.1) is 11.4 Å². The summed E-state index contributed by atoms with van der Waals surface area (Å²) >= 11 is 0. The molecule has 0 aliphatic heterocycles. The van der Waals surface area contributed by atoms with Crippen molar-refractivity contribution in [1.29, 1.82) is 0 Å². The van der Waals surface area contributed by atoms with Gasteiger partial charge in [-0.2, -0.15) is 0 Å². The summed E-state index contributed by atoms with van der Waals surface area (Å²) in [6.07, 6.45) is 0. The van der Waals surface area contributed by atoms with Crippen LogP contribution in [0.25, 0.3) is 0 Å². The maximum absolute atomic E-state index is 13.2. The third-order valence-corrected chi connectivity index (χ3v) is 2.97. The van der Waals surface area contributed by atoms with E-state index in [1.165, 1.54) is 25.1 Å². The highest BCUT2D eigenvalue weighted by atomic mass is 19.1. The minimum atomic E-state index is -0.387. The zero-order valence-electron chi connectivity index (χ0n) is 12.2. The molecule has 0 aliphatic rings. The largest absolute Gasteiger partial charge is 0.386 e. The number of hydrogen-bond acceptors (Lipinski definition) is 3. The summed E-state index contributed by atoms with van der Waals surface area (Å²) in [6, 6.07) is 10.5. The Labute approximate surface area is 127 Å². The summed E-state index contributed by atoms with van der Waals surface area (Å²) < 4.78 is 13.2. The Morgan fingerprint density at radius 1 is 0.955 bits per heavy atom. The monoisotopic (exact) mass is 301 g/mol. The van der Waals surface area contributed by atoms with Gasteiger partial charge in [-0.15, -0.1) is 0 Å². The third-order valence-electron chi connectivity index (χ3n) is 2.97. The molecule has 3 N–H and O–H groups in total. The van der Waals surface area contributed by atoms with Gasteiger partial charge in [-0.05, 0) is 42.5 Å². The minimum absolute atomic E-state index is 0.179. The Kier molecular flexibility index (Phi) is 4.73. The van der Waals surface area contributed by atoms with Crippen LogP contribution in [0, 0.1) is 5.82 Å². The zero-order valence-corrected chi connectivity index (χ0v) is 12.2. The molecule has 2 rings (SSSR count). The van der Waals surface area contributed by atoms with E-state index in [4.69, 9.17) is 0 Å². The van der Waals surface area contributed by atoms with Gasteiger partial charge in [-0.1, -0.05) is 0 Å². The van der Waals surface area contributed by atoms with Gasteiger partial charge < -0.3 is 16.0 Å². The van der Waals surface area contributed by atoms with Crippen molar-refractivity contribution < 1.29 is 14.0 Å². The number of anilines is 3. The molecule has 0 unspecified atom stereocenters. The van der Waals surface area contributed by atoms with Crippen LogP contribution in [0.5, 0.6) is 0 Å². The second-order valence-corrected chi connectivity index (χ2v) is 4.65. The molecule has 0 saturated carbocycles. The van der Waals surface area contributed by atoms with E-state index in [-0.39, 0.29) is 17.6 Å². The van der Waals surface area contributed by atoms with E-state index in [1.54, 1.807) is 31.3 Å². The lowest BCUT2D eigenvalue weighted by molar-refractivity contribution is -0.114. The lowest BCUT2D eigenvalue weighted by Crippen LogP contribution is -2.13. The summed E-state index contributed by atoms with van der Waals surface area (Å²) in [6.45, 7) is 1.41. The summed E-state index contributed by atoms with van der Waals surface area (Å²) in [4.78, 5) is 23.1. The fraction of sp³-hybridized carbons (Fsp3) is 0.125. The van der Waals surface area contributed by atoms with Crippen LogP contribution in [0.1, 0.15) is 17.3 Å². The number of halogens is 1. The maximum atomic E-state index is 13.2. The Morgan fingerprint density at radius 3 is 2.23 bits per heavy atom. The Hall–Kier alpha value is -2.89. The SMILES string of the molecule is CNc1cc(F)ccc1NC(=O)c1ccc(NC(C)=O)cc1. The first-order valence-corrected chi connectivity index (χ1v) is 6.66. The Balaban J connectivity index is 2.14. The van der Waals surface area contributed by atoms with Gasteiger partial charge in [-0.25, -0.2) is 4.39 Å². The average Bonchev–Trinajstić information content (AvgIpc) is 2.49. The first-order chi connectivity index (χ1) is 10.5. The molecule has 5 nitrogen and oxygen atoms in total. The second kappa shape index (κ2) is 6.71. The van der Waals surface area contributed by atoms with Crippen molar-refractivity contribution in [2.24, 2.45) is 0 Å². The van der Waals surface area contributed by atoms with Crippen molar-refractivity contribution in [2.45, 2.75) is 6.92 Å². The molecule has 0 aliphatic carbocycles. The molecule has 0 saturated heterocycles. The van der Waals surface area contributed by atoms with E-state index in [0.717, 1.165) is 0 Å². The second-order valence-electron chi connectivity index (χ2n) is 4.65. The quantitative estimate of drug-likeness (QED) is 0.812. The first kappa shape index (κ1) is 15.5. The minimum Gasteiger partial charge on any atom is -0.386 e. The van der Waals surface area contributed by atoms with Crippen molar-refractivity contribution >= 4 is 28.9 Å². The molecule has 0 heterocycles. The van der Waals surface area contributed by atoms with Crippen molar-refractivity contribution in [3.8, 4) is 0 Å². The van der Waals surface area contributed by atoms with Crippen LogP contribution in [-0.4, -0.2) is 18.9 Å². The van der Waals surface area contributed by atoms with Crippen LogP contribution in [0.2, 0.25) is 0 Å². The van der Waals surface area contributed by atoms with Crippen LogP contribution < -0.4 is 16.0 Å². The number of rotatable bonds is 4. The van der Waals surface area contributed by atoms with E-state index in [0.29, 0.717) is 22.6 Å². The lowest BCUT2D eigenvalue weighted by atomic mass is 10.1. The molecular formula is C16H16FN3O2. The predicted octanol–water partition coefficient (Wildman–Crippen LogP) is 3.08. The van der Waals surface area contributed by atoms with Crippen LogP contribution >= 0.6 is 0 Å². The number of benzene rings is 2. The molecule has 2 amide bonds. The zero-order chi connectivity index (χ0) is 16.1. The van der Waals surface area contributed by atoms with Crippen molar-refractivity contribution in [2.75, 3.05) is 23.0 Å². The molecule has 2 aromatic carbocycles. The van der Waals surface area contributed by atoms with E-state index < -0.39 is 0 Å². The molecule has 0 spiro atoms. The highest BCUT2D eigenvalue weighted by Gasteiger charge is 2.09. The van der Waals surface area contributed by atoms with Gasteiger partial charge in [0.1, 0.15) is 5.82 Å². The van der Waals surface area contributed by atoms with Crippen molar-refractivity contribution in [3.63, 3.8) is 0 Å². The van der Waals surface area contributed by atoms with Crippen LogP contribution in [-0.2, 0) is 4.79 Å². The third kappa shape index (κ3) is 3.82. The molecule has 0 bridgehead atoms. The number of carbonyl (C=O) groups is 2. The number of amides is 2. The smallest absolute Gasteiger partial charge is 0.255 e. The summed E-state index contributed by atoms with van der Waals surface area (Å²) in [5.41, 5.74) is 2.02. The average molecular weight is 301 g/mol. The number of hydrogen-bond donors (Lipinski definition) is 3. The number of nitrogens with one attached hydrogen (secondary N) is 3.